The molecule has 2 heterocycles. The summed E-state index contributed by atoms with van der Waals surface area (Å²) < 4.78 is 66.3. The lowest BCUT2D eigenvalue weighted by atomic mass is 9.89. The number of carbonyl (C=O) groups is 1. The Morgan fingerprint density at radius 1 is 1.17 bits per heavy atom. The van der Waals surface area contributed by atoms with Gasteiger partial charge in [0, 0.05) is 17.1 Å². The number of ether oxygens (including phenoxy) is 4. The monoisotopic (exact) mass is 643 g/mol. The molecule has 2 unspecified atom stereocenters. The standard InChI is InChI=1S/C27H29BrF3N3O7/c1-13(2)40-27(37)26(39-12-14-4-6-16(28)7-5-14)25-24(38-3)22(23(36)20(11-35)41-25)34-10-19(32-33-34)15-8-17(29)21(31)18(30)9-15/h4-10,13,20,22-26,35-36H,11-12H2,1-3H3/t20?,22-,23-,24?,25+,26-/m0/s1. The second-order valence-corrected chi connectivity index (χ2v) is 10.6. The Labute approximate surface area is 242 Å². The molecule has 0 aliphatic carbocycles. The van der Waals surface area contributed by atoms with Crippen LogP contribution in [0.3, 0.4) is 0 Å². The minimum Gasteiger partial charge on any atom is -0.461 e. The van der Waals surface area contributed by atoms with E-state index in [0.717, 1.165) is 22.2 Å². The molecule has 0 bridgehead atoms. The molecule has 10 nitrogen and oxygen atoms in total. The van der Waals surface area contributed by atoms with E-state index in [1.807, 2.05) is 12.1 Å². The normalized spacial score (nSPS) is 23.5. The quantitative estimate of drug-likeness (QED) is 0.253. The van der Waals surface area contributed by atoms with Gasteiger partial charge in [0.2, 0.25) is 0 Å². The highest BCUT2D eigenvalue weighted by Gasteiger charge is 2.52. The van der Waals surface area contributed by atoms with Crippen LogP contribution in [0.1, 0.15) is 25.5 Å². The highest BCUT2D eigenvalue weighted by molar-refractivity contribution is 9.10. The molecule has 222 valence electrons. The van der Waals surface area contributed by atoms with E-state index in [1.165, 1.54) is 18.0 Å². The average Bonchev–Trinajstić information content (AvgIpc) is 3.42. The zero-order valence-corrected chi connectivity index (χ0v) is 23.9. The van der Waals surface area contributed by atoms with Crippen LogP contribution in [0.2, 0.25) is 0 Å². The van der Waals surface area contributed by atoms with E-state index in [1.54, 1.807) is 26.0 Å². The van der Waals surface area contributed by atoms with Gasteiger partial charge >= 0.3 is 5.97 Å². The van der Waals surface area contributed by atoms with Crippen molar-refractivity contribution in [3.8, 4) is 11.3 Å². The number of methoxy groups -OCH3 is 1. The van der Waals surface area contributed by atoms with Crippen molar-refractivity contribution in [1.82, 2.24) is 15.0 Å². The molecule has 1 aromatic heterocycles. The summed E-state index contributed by atoms with van der Waals surface area (Å²) in [6.45, 7) is 2.69. The van der Waals surface area contributed by atoms with E-state index in [2.05, 4.69) is 26.2 Å². The second kappa shape index (κ2) is 13.4. The molecule has 1 aliphatic rings. The van der Waals surface area contributed by atoms with Crippen LogP contribution in [-0.4, -0.2) is 81.5 Å². The molecule has 0 spiro atoms. The molecule has 2 aromatic carbocycles. The van der Waals surface area contributed by atoms with Crippen molar-refractivity contribution in [2.75, 3.05) is 13.7 Å². The largest absolute Gasteiger partial charge is 0.461 e. The topological polar surface area (TPSA) is 125 Å². The Kier molecular flexibility index (Phi) is 10.2. The fourth-order valence-corrected chi connectivity index (χ4v) is 4.83. The van der Waals surface area contributed by atoms with Crippen LogP contribution in [-0.2, 0) is 30.3 Å². The van der Waals surface area contributed by atoms with Crippen LogP contribution in [0.4, 0.5) is 13.2 Å². The number of carbonyl (C=O) groups excluding carboxylic acids is 1. The number of hydrogen-bond acceptors (Lipinski definition) is 9. The summed E-state index contributed by atoms with van der Waals surface area (Å²) in [6.07, 6.45) is -5.54. The summed E-state index contributed by atoms with van der Waals surface area (Å²) in [4.78, 5) is 13.2. The lowest BCUT2D eigenvalue weighted by Gasteiger charge is -2.45. The third-order valence-corrected chi connectivity index (χ3v) is 7.02. The van der Waals surface area contributed by atoms with Gasteiger partial charge in [0.1, 0.15) is 36.2 Å². The maximum Gasteiger partial charge on any atom is 0.338 e. The van der Waals surface area contributed by atoms with Crippen LogP contribution in [0.25, 0.3) is 11.3 Å². The summed E-state index contributed by atoms with van der Waals surface area (Å²) in [7, 11) is 1.32. The molecule has 1 saturated heterocycles. The maximum atomic E-state index is 13.8. The second-order valence-electron chi connectivity index (χ2n) is 9.68. The zero-order valence-electron chi connectivity index (χ0n) is 22.3. The average molecular weight is 644 g/mol. The molecule has 0 amide bonds. The van der Waals surface area contributed by atoms with Gasteiger partial charge in [-0.05, 0) is 43.7 Å². The van der Waals surface area contributed by atoms with E-state index in [-0.39, 0.29) is 17.9 Å². The van der Waals surface area contributed by atoms with Crippen molar-refractivity contribution in [2.45, 2.75) is 63.1 Å². The number of nitrogens with zero attached hydrogens (tertiary/aromatic N) is 3. The predicted octanol–water partition coefficient (Wildman–Crippen LogP) is 3.34. The molecule has 6 atom stereocenters. The third kappa shape index (κ3) is 6.96. The lowest BCUT2D eigenvalue weighted by Crippen LogP contribution is -2.61. The van der Waals surface area contributed by atoms with Crippen LogP contribution in [0.15, 0.2) is 47.1 Å². The Morgan fingerprint density at radius 2 is 1.83 bits per heavy atom. The predicted molar refractivity (Wildman–Crippen MR) is 141 cm³/mol. The van der Waals surface area contributed by atoms with Crippen molar-refractivity contribution in [3.05, 3.63) is 70.1 Å². The van der Waals surface area contributed by atoms with Gasteiger partial charge in [-0.25, -0.2) is 22.6 Å². The van der Waals surface area contributed by atoms with Crippen molar-refractivity contribution in [1.29, 1.82) is 0 Å². The van der Waals surface area contributed by atoms with Gasteiger partial charge in [0.15, 0.2) is 23.6 Å². The Morgan fingerprint density at radius 3 is 2.41 bits per heavy atom. The summed E-state index contributed by atoms with van der Waals surface area (Å²) >= 11 is 3.37. The van der Waals surface area contributed by atoms with Gasteiger partial charge in [-0.15, -0.1) is 5.10 Å². The van der Waals surface area contributed by atoms with Crippen LogP contribution in [0, 0.1) is 17.5 Å². The fraction of sp³-hybridized carbons (Fsp3) is 0.444. The number of esters is 1. The summed E-state index contributed by atoms with van der Waals surface area (Å²) in [5, 5.41) is 29.1. The van der Waals surface area contributed by atoms with Crippen molar-refractivity contribution >= 4 is 21.9 Å². The first-order chi connectivity index (χ1) is 19.5. The Bertz CT molecular complexity index is 1320. The number of rotatable bonds is 10. The number of aromatic nitrogens is 3. The van der Waals surface area contributed by atoms with Gasteiger partial charge in [0.05, 0.1) is 25.5 Å². The Hall–Kier alpha value is -2.88. The Balaban J connectivity index is 1.69. The number of halogens is 4. The number of hydrogen-bond donors (Lipinski definition) is 2. The first-order valence-electron chi connectivity index (χ1n) is 12.6. The van der Waals surface area contributed by atoms with E-state index < -0.39 is 72.7 Å². The first-order valence-corrected chi connectivity index (χ1v) is 13.4. The molecular formula is C27H29BrF3N3O7. The number of benzene rings is 2. The molecule has 3 aromatic rings. The fourth-order valence-electron chi connectivity index (χ4n) is 4.56. The maximum absolute atomic E-state index is 13.8. The van der Waals surface area contributed by atoms with E-state index >= 15 is 0 Å². The van der Waals surface area contributed by atoms with Crippen molar-refractivity contribution in [3.63, 3.8) is 0 Å². The van der Waals surface area contributed by atoms with Gasteiger partial charge in [-0.2, -0.15) is 0 Å². The van der Waals surface area contributed by atoms with Crippen molar-refractivity contribution in [2.24, 2.45) is 0 Å². The minimum absolute atomic E-state index is 0.00633. The molecular weight excluding hydrogens is 615 g/mol. The molecule has 1 fully saturated rings. The highest BCUT2D eigenvalue weighted by atomic mass is 79.9. The lowest BCUT2D eigenvalue weighted by molar-refractivity contribution is -0.246. The first kappa shape index (κ1) is 31.1. The van der Waals surface area contributed by atoms with Crippen LogP contribution < -0.4 is 0 Å². The van der Waals surface area contributed by atoms with Gasteiger partial charge < -0.3 is 29.2 Å². The van der Waals surface area contributed by atoms with E-state index in [9.17, 15) is 28.2 Å². The number of aliphatic hydroxyl groups is 2. The van der Waals surface area contributed by atoms with E-state index in [4.69, 9.17) is 18.9 Å². The highest BCUT2D eigenvalue weighted by Crippen LogP contribution is 2.35. The zero-order chi connectivity index (χ0) is 29.8. The summed E-state index contributed by atoms with van der Waals surface area (Å²) in [5.74, 6) is -5.21. The third-order valence-electron chi connectivity index (χ3n) is 6.50. The molecule has 14 heteroatoms. The van der Waals surface area contributed by atoms with Gasteiger partial charge in [0.25, 0.3) is 0 Å². The SMILES string of the molecule is COC1[C@H]([C@H](OCc2ccc(Br)cc2)C(=O)OC(C)C)OC(CO)[C@H](O)[C@@H]1n1cc(-c2cc(F)c(F)c(F)c2)nn1. The molecule has 0 radical (unpaired) electrons. The molecule has 0 saturated carbocycles. The van der Waals surface area contributed by atoms with E-state index in [0.29, 0.717) is 0 Å². The smallest absolute Gasteiger partial charge is 0.338 e. The summed E-state index contributed by atoms with van der Waals surface area (Å²) in [5.41, 5.74) is 0.612. The molecule has 41 heavy (non-hydrogen) atoms. The van der Waals surface area contributed by atoms with Gasteiger partial charge in [-0.1, -0.05) is 33.3 Å². The summed E-state index contributed by atoms with van der Waals surface area (Å²) in [6, 6.07) is 7.62. The number of aliphatic hydroxyl groups excluding tert-OH is 2. The molecule has 2 N–H and O–H groups in total. The molecule has 1 aliphatic heterocycles. The van der Waals surface area contributed by atoms with Gasteiger partial charge in [-0.3, -0.25) is 0 Å². The molecule has 4 rings (SSSR count). The van der Waals surface area contributed by atoms with Crippen LogP contribution in [0.5, 0.6) is 0 Å². The van der Waals surface area contributed by atoms with Crippen LogP contribution >= 0.6 is 15.9 Å². The minimum atomic E-state index is -1.63. The van der Waals surface area contributed by atoms with Crippen molar-refractivity contribution < 1.29 is 47.1 Å².